The second-order valence-electron chi connectivity index (χ2n) is 11.7. The van der Waals surface area contributed by atoms with E-state index in [1.807, 2.05) is 9.69 Å². The van der Waals surface area contributed by atoms with Crippen LogP contribution < -0.4 is 11.0 Å². The van der Waals surface area contributed by atoms with Crippen molar-refractivity contribution in [1.82, 2.24) is 35.1 Å². The van der Waals surface area contributed by atoms with Crippen LogP contribution in [-0.4, -0.2) is 72.4 Å². The second-order valence-corrected chi connectivity index (χ2v) is 11.7. The van der Waals surface area contributed by atoms with Gasteiger partial charge in [0.15, 0.2) is 5.65 Å². The van der Waals surface area contributed by atoms with Gasteiger partial charge in [0.2, 0.25) is 6.41 Å². The third-order valence-corrected chi connectivity index (χ3v) is 8.44. The summed E-state index contributed by atoms with van der Waals surface area (Å²) in [6.45, 7) is 7.01. The van der Waals surface area contributed by atoms with E-state index in [4.69, 9.17) is 4.98 Å². The lowest BCUT2D eigenvalue weighted by Gasteiger charge is -2.64. The zero-order chi connectivity index (χ0) is 25.7. The Morgan fingerprint density at radius 3 is 2.58 bits per heavy atom. The highest BCUT2D eigenvalue weighted by atomic mass is 16.4. The predicted octanol–water partition coefficient (Wildman–Crippen LogP) is 2.79. The summed E-state index contributed by atoms with van der Waals surface area (Å²) in [6.07, 6.45) is 9.09. The first-order valence-electron chi connectivity index (χ1n) is 13.1. The SMILES string of the molecule is CC(C)(C)C1N(NC=O)CC1(c1nc2c(cnn2C2CCCCC2)c(=O)[nH]1)C1CCCCN1C(=O)O. The molecule has 0 aromatic carbocycles. The summed E-state index contributed by atoms with van der Waals surface area (Å²) in [4.78, 5) is 46.8. The van der Waals surface area contributed by atoms with Gasteiger partial charge in [0.05, 0.1) is 29.7 Å². The van der Waals surface area contributed by atoms with E-state index in [1.54, 1.807) is 6.20 Å². The first-order chi connectivity index (χ1) is 17.2. The fourth-order valence-electron chi connectivity index (χ4n) is 7.15. The van der Waals surface area contributed by atoms with Crippen molar-refractivity contribution in [2.45, 2.75) is 95.7 Å². The molecule has 11 heteroatoms. The van der Waals surface area contributed by atoms with Gasteiger partial charge in [-0.15, -0.1) is 0 Å². The van der Waals surface area contributed by atoms with Crippen molar-refractivity contribution in [3.05, 3.63) is 22.4 Å². The Kier molecular flexibility index (Phi) is 6.30. The van der Waals surface area contributed by atoms with E-state index >= 15 is 0 Å². The first-order valence-corrected chi connectivity index (χ1v) is 13.1. The molecule has 1 aliphatic carbocycles. The molecule has 0 radical (unpaired) electrons. The van der Waals surface area contributed by atoms with Crippen LogP contribution in [0.4, 0.5) is 4.79 Å². The quantitative estimate of drug-likeness (QED) is 0.538. The minimum Gasteiger partial charge on any atom is -0.465 e. The lowest BCUT2D eigenvalue weighted by Crippen LogP contribution is -2.81. The minimum absolute atomic E-state index is 0.201. The molecule has 2 aromatic rings. The van der Waals surface area contributed by atoms with Gasteiger partial charge in [-0.2, -0.15) is 5.10 Å². The van der Waals surface area contributed by atoms with Crippen molar-refractivity contribution >= 4 is 23.5 Å². The molecule has 5 rings (SSSR count). The van der Waals surface area contributed by atoms with Crippen LogP contribution in [0.15, 0.2) is 11.0 Å². The number of rotatable bonds is 5. The largest absolute Gasteiger partial charge is 0.465 e. The molecule has 3 fully saturated rings. The maximum Gasteiger partial charge on any atom is 0.407 e. The smallest absolute Gasteiger partial charge is 0.407 e. The highest BCUT2D eigenvalue weighted by molar-refractivity contribution is 5.73. The van der Waals surface area contributed by atoms with Crippen LogP contribution in [0, 0.1) is 5.41 Å². The number of likely N-dealkylation sites (tertiary alicyclic amines) is 1. The van der Waals surface area contributed by atoms with Gasteiger partial charge in [0.1, 0.15) is 11.2 Å². The normalized spacial score (nSPS) is 28.1. The number of aromatic nitrogens is 4. The average molecular weight is 500 g/mol. The molecule has 196 valence electrons. The van der Waals surface area contributed by atoms with E-state index < -0.39 is 11.5 Å². The van der Waals surface area contributed by atoms with Crippen LogP contribution in [0.25, 0.3) is 11.0 Å². The molecule has 2 aliphatic heterocycles. The summed E-state index contributed by atoms with van der Waals surface area (Å²) in [5, 5.41) is 17.0. The number of piperidine rings is 1. The number of carbonyl (C=O) groups excluding carboxylic acids is 1. The number of hydrogen-bond donors (Lipinski definition) is 3. The Hall–Kier alpha value is -2.95. The summed E-state index contributed by atoms with van der Waals surface area (Å²) in [5.74, 6) is 0.486. The molecule has 2 aromatic heterocycles. The standard InChI is InChI=1S/C25H37N7O4/c1-24(2,3)21-25(14-31(21)27-15-33,18-11-7-8-12-30(18)23(35)36)22-28-19-17(20(34)29-22)13-26-32(19)16-9-5-4-6-10-16/h13,15-16,18,21H,4-12,14H2,1-3H3,(H,27,33)(H,35,36)(H,28,29,34). The number of nitrogens with one attached hydrogen (secondary N) is 2. The Bertz CT molecular complexity index is 1200. The van der Waals surface area contributed by atoms with Crippen molar-refractivity contribution in [2.75, 3.05) is 13.1 Å². The minimum atomic E-state index is -0.968. The first kappa shape index (κ1) is 24.7. The van der Waals surface area contributed by atoms with Gasteiger partial charge in [-0.1, -0.05) is 40.0 Å². The second kappa shape index (κ2) is 9.17. The van der Waals surface area contributed by atoms with E-state index in [9.17, 15) is 19.5 Å². The van der Waals surface area contributed by atoms with Crippen LogP contribution in [-0.2, 0) is 10.2 Å². The van der Waals surface area contributed by atoms with Crippen LogP contribution in [0.1, 0.15) is 84.0 Å². The van der Waals surface area contributed by atoms with Crippen LogP contribution in [0.2, 0.25) is 0 Å². The van der Waals surface area contributed by atoms with E-state index in [2.05, 4.69) is 36.3 Å². The zero-order valence-corrected chi connectivity index (χ0v) is 21.4. The molecule has 11 nitrogen and oxygen atoms in total. The highest BCUT2D eigenvalue weighted by Gasteiger charge is 2.65. The number of carboxylic acid groups (broad SMARTS) is 1. The monoisotopic (exact) mass is 499 g/mol. The average Bonchev–Trinajstić information content (AvgIpc) is 3.25. The zero-order valence-electron chi connectivity index (χ0n) is 21.4. The molecular weight excluding hydrogens is 462 g/mol. The molecule has 2 amide bonds. The molecule has 3 atom stereocenters. The number of carbonyl (C=O) groups is 2. The molecule has 1 saturated carbocycles. The van der Waals surface area contributed by atoms with Gasteiger partial charge < -0.3 is 15.0 Å². The molecule has 2 saturated heterocycles. The topological polar surface area (TPSA) is 136 Å². The number of amides is 2. The van der Waals surface area contributed by atoms with E-state index in [1.165, 1.54) is 11.3 Å². The van der Waals surface area contributed by atoms with Gasteiger partial charge in [0.25, 0.3) is 5.56 Å². The summed E-state index contributed by atoms with van der Waals surface area (Å²) in [7, 11) is 0. The molecule has 0 bridgehead atoms. The molecule has 36 heavy (non-hydrogen) atoms. The fourth-order valence-corrected chi connectivity index (χ4v) is 7.15. The van der Waals surface area contributed by atoms with Crippen LogP contribution in [0.5, 0.6) is 0 Å². The summed E-state index contributed by atoms with van der Waals surface area (Å²) in [6, 6.07) is -0.469. The predicted molar refractivity (Wildman–Crippen MR) is 133 cm³/mol. The highest BCUT2D eigenvalue weighted by Crippen LogP contribution is 2.52. The summed E-state index contributed by atoms with van der Waals surface area (Å²) < 4.78 is 1.91. The van der Waals surface area contributed by atoms with Gasteiger partial charge in [-0.05, 0) is 37.5 Å². The number of H-pyrrole nitrogens is 1. The number of aromatic amines is 1. The number of hydrogen-bond acceptors (Lipinski definition) is 6. The number of fused-ring (bicyclic) bond motifs is 1. The van der Waals surface area contributed by atoms with E-state index in [0.29, 0.717) is 42.8 Å². The third kappa shape index (κ3) is 3.88. The Morgan fingerprint density at radius 1 is 1.19 bits per heavy atom. The van der Waals surface area contributed by atoms with E-state index in [-0.39, 0.29) is 29.1 Å². The molecule has 4 heterocycles. The van der Waals surface area contributed by atoms with Crippen molar-refractivity contribution in [2.24, 2.45) is 5.41 Å². The third-order valence-electron chi connectivity index (χ3n) is 8.44. The fraction of sp³-hybridized carbons (Fsp3) is 0.720. The molecule has 0 spiro atoms. The Morgan fingerprint density at radius 2 is 1.92 bits per heavy atom. The summed E-state index contributed by atoms with van der Waals surface area (Å²) in [5.41, 5.74) is 1.95. The van der Waals surface area contributed by atoms with E-state index in [0.717, 1.165) is 38.5 Å². The lowest BCUT2D eigenvalue weighted by atomic mass is 9.57. The lowest BCUT2D eigenvalue weighted by molar-refractivity contribution is -0.155. The van der Waals surface area contributed by atoms with Crippen molar-refractivity contribution in [3.63, 3.8) is 0 Å². The maximum absolute atomic E-state index is 13.4. The van der Waals surface area contributed by atoms with Crippen molar-refractivity contribution in [1.29, 1.82) is 0 Å². The maximum atomic E-state index is 13.4. The molecule has 3 N–H and O–H groups in total. The van der Waals surface area contributed by atoms with Gasteiger partial charge in [0, 0.05) is 13.1 Å². The van der Waals surface area contributed by atoms with Gasteiger partial charge >= 0.3 is 6.09 Å². The van der Waals surface area contributed by atoms with Gasteiger partial charge in [-0.3, -0.25) is 15.0 Å². The Labute approximate surface area is 210 Å². The summed E-state index contributed by atoms with van der Waals surface area (Å²) >= 11 is 0. The molecule has 3 unspecified atom stereocenters. The van der Waals surface area contributed by atoms with Gasteiger partial charge in [-0.25, -0.2) is 19.5 Å². The Balaban J connectivity index is 1.71. The number of hydrazine groups is 1. The molecule has 3 aliphatic rings. The number of nitrogens with zero attached hydrogens (tertiary/aromatic N) is 5. The van der Waals surface area contributed by atoms with Crippen LogP contribution >= 0.6 is 0 Å². The van der Waals surface area contributed by atoms with Crippen molar-refractivity contribution < 1.29 is 14.7 Å². The van der Waals surface area contributed by atoms with Crippen molar-refractivity contribution in [3.8, 4) is 0 Å². The molecular formula is C25H37N7O4. The van der Waals surface area contributed by atoms with Crippen LogP contribution in [0.3, 0.4) is 0 Å².